The first-order chi connectivity index (χ1) is 52.7. The zero-order valence-corrected chi connectivity index (χ0v) is 69.3. The van der Waals surface area contributed by atoms with Crippen LogP contribution < -0.4 is 0 Å². The molecular formula is C89H148O17P2. The molecule has 0 aromatic rings. The van der Waals surface area contributed by atoms with Crippen LogP contribution in [-0.4, -0.2) is 96.7 Å². The number of hydrogen-bond donors (Lipinski definition) is 3. The fourth-order valence-electron chi connectivity index (χ4n) is 10.7. The molecule has 0 saturated heterocycles. The maximum absolute atomic E-state index is 13.1. The van der Waals surface area contributed by atoms with Crippen LogP contribution >= 0.6 is 15.6 Å². The third-order valence-electron chi connectivity index (χ3n) is 17.0. The minimum absolute atomic E-state index is 0.0345. The van der Waals surface area contributed by atoms with Crippen LogP contribution in [0.2, 0.25) is 0 Å². The first-order valence-corrected chi connectivity index (χ1v) is 44.7. The number of hydrogen-bond acceptors (Lipinski definition) is 15. The van der Waals surface area contributed by atoms with Crippen molar-refractivity contribution in [2.75, 3.05) is 39.6 Å². The standard InChI is InChI=1S/C89H148O17P2/c1-5-9-13-17-21-25-29-33-37-39-41-43-47-49-53-57-61-65-69-73-86(91)99-79-84(105-88(93)75-71-67-63-59-55-51-45-35-31-27-23-19-15-11-7-3)81-103-107(95,96)101-77-83(90)78-102-108(97,98)104-82-85(106-89(94)76-72-68-64-60-56-52-46-36-32-28-24-20-16-12-8-4)80-100-87(92)74-70-66-62-58-54-50-48-44-42-40-38-34-30-26-22-18-14-10-6-2/h11-12,15-16,21-28,33-38,41-46,55,59,83-85,90H,5-10,13-14,17-20,29-32,39-40,47-54,56-58,60-82H2,1-4H3,(H,95,96)(H,97,98)/b15-11-,16-12-,25-21-,26-22-,27-23-,28-24-,37-33-,38-34-,43-41-,44-42-,45-35-,46-36-,59-55-. The van der Waals surface area contributed by atoms with Crippen molar-refractivity contribution in [3.05, 3.63) is 158 Å². The maximum atomic E-state index is 13.1. The summed E-state index contributed by atoms with van der Waals surface area (Å²) >= 11 is 0. The normalized spacial score (nSPS) is 14.6. The number of unbranched alkanes of at least 4 members (excludes halogenated alkanes) is 25. The SMILES string of the molecule is CC/C=C\C/C=C\C/C=C\C/C=C\CCCCC(=O)OC(COC(=O)CCCCCCCC/C=C\C/C=C\C/C=C\CCCCC)COP(=O)(O)OCC(O)COP(=O)(O)OCC(COC(=O)CCCCCCCC/C=C\C/C=C\C/C=C\CCCCC)OC(=O)CCCCCCC/C=C\C/C=C\C/C=C\CC. The number of aliphatic hydroxyl groups excluding tert-OH is 1. The summed E-state index contributed by atoms with van der Waals surface area (Å²) in [6.07, 6.45) is 93.5. The van der Waals surface area contributed by atoms with Gasteiger partial charge in [-0.25, -0.2) is 9.13 Å². The highest BCUT2D eigenvalue weighted by Crippen LogP contribution is 2.45. The molecule has 5 atom stereocenters. The van der Waals surface area contributed by atoms with E-state index in [-0.39, 0.29) is 25.7 Å². The van der Waals surface area contributed by atoms with E-state index in [1.807, 2.05) is 0 Å². The molecule has 0 aromatic heterocycles. The smallest absolute Gasteiger partial charge is 0.462 e. The van der Waals surface area contributed by atoms with Crippen molar-refractivity contribution in [2.24, 2.45) is 0 Å². The highest BCUT2D eigenvalue weighted by Gasteiger charge is 2.30. The van der Waals surface area contributed by atoms with Gasteiger partial charge in [0.1, 0.15) is 19.3 Å². The van der Waals surface area contributed by atoms with Crippen LogP contribution in [0.1, 0.15) is 323 Å². The average Bonchev–Trinajstić information content (AvgIpc) is 0.907. The summed E-state index contributed by atoms with van der Waals surface area (Å²) in [6, 6.07) is 0. The van der Waals surface area contributed by atoms with E-state index in [0.717, 1.165) is 199 Å². The fourth-order valence-corrected chi connectivity index (χ4v) is 12.2. The van der Waals surface area contributed by atoms with Gasteiger partial charge in [0.25, 0.3) is 0 Å². The molecule has 0 aliphatic heterocycles. The van der Waals surface area contributed by atoms with Gasteiger partial charge in [-0.1, -0.05) is 282 Å². The molecule has 0 aliphatic rings. The van der Waals surface area contributed by atoms with Crippen LogP contribution in [0.25, 0.3) is 0 Å². The van der Waals surface area contributed by atoms with Gasteiger partial charge < -0.3 is 33.8 Å². The summed E-state index contributed by atoms with van der Waals surface area (Å²) in [7, 11) is -10.0. The number of carbonyl (C=O) groups is 4. The Morgan fingerprint density at radius 2 is 0.481 bits per heavy atom. The second-order valence-electron chi connectivity index (χ2n) is 27.3. The van der Waals surface area contributed by atoms with Crippen molar-refractivity contribution in [1.82, 2.24) is 0 Å². The summed E-state index contributed by atoms with van der Waals surface area (Å²) in [6.45, 7) is 4.51. The summed E-state index contributed by atoms with van der Waals surface area (Å²) in [4.78, 5) is 73.2. The number of esters is 4. The lowest BCUT2D eigenvalue weighted by atomic mass is 10.1. The first kappa shape index (κ1) is 103. The monoisotopic (exact) mass is 1550 g/mol. The van der Waals surface area contributed by atoms with E-state index in [9.17, 15) is 43.2 Å². The Hall–Kier alpha value is -5.32. The van der Waals surface area contributed by atoms with E-state index < -0.39 is 97.5 Å². The molecule has 3 N–H and O–H groups in total. The third kappa shape index (κ3) is 78.8. The molecule has 616 valence electrons. The number of carbonyl (C=O) groups excluding carboxylic acids is 4. The zero-order chi connectivity index (χ0) is 78.9. The summed E-state index contributed by atoms with van der Waals surface area (Å²) in [5.74, 6) is -2.27. The maximum Gasteiger partial charge on any atom is 0.472 e. The summed E-state index contributed by atoms with van der Waals surface area (Å²) in [5, 5.41) is 10.7. The Morgan fingerprint density at radius 1 is 0.269 bits per heavy atom. The van der Waals surface area contributed by atoms with Crippen molar-refractivity contribution in [2.45, 2.75) is 341 Å². The molecule has 17 nitrogen and oxygen atoms in total. The molecule has 0 fully saturated rings. The van der Waals surface area contributed by atoms with Crippen molar-refractivity contribution >= 4 is 39.5 Å². The molecule has 0 rings (SSSR count). The van der Waals surface area contributed by atoms with E-state index in [4.69, 9.17) is 37.0 Å². The Kier molecular flexibility index (Phi) is 75.8. The highest BCUT2D eigenvalue weighted by atomic mass is 31.2. The molecule has 5 unspecified atom stereocenters. The van der Waals surface area contributed by atoms with Crippen LogP contribution in [-0.2, 0) is 65.4 Å². The molecular weight excluding hydrogens is 1400 g/mol. The van der Waals surface area contributed by atoms with Crippen LogP contribution in [0.15, 0.2) is 158 Å². The molecule has 19 heteroatoms. The van der Waals surface area contributed by atoms with Gasteiger partial charge in [0.2, 0.25) is 0 Å². The second-order valence-corrected chi connectivity index (χ2v) is 30.2. The van der Waals surface area contributed by atoms with Crippen LogP contribution in [0.3, 0.4) is 0 Å². The highest BCUT2D eigenvalue weighted by molar-refractivity contribution is 7.47. The quantitative estimate of drug-likeness (QED) is 0.0169. The fraction of sp³-hybridized carbons (Fsp3) is 0.663. The Morgan fingerprint density at radius 3 is 0.759 bits per heavy atom. The predicted molar refractivity (Wildman–Crippen MR) is 445 cm³/mol. The van der Waals surface area contributed by atoms with Gasteiger partial charge in [-0.15, -0.1) is 0 Å². The molecule has 0 bridgehead atoms. The van der Waals surface area contributed by atoms with Crippen LogP contribution in [0, 0.1) is 0 Å². The molecule has 0 heterocycles. The third-order valence-corrected chi connectivity index (χ3v) is 18.9. The Bertz CT molecular complexity index is 2660. The van der Waals surface area contributed by atoms with E-state index in [1.165, 1.54) is 38.5 Å². The van der Waals surface area contributed by atoms with Crippen molar-refractivity contribution in [3.8, 4) is 0 Å². The molecule has 0 aromatic carbocycles. The lowest BCUT2D eigenvalue weighted by Gasteiger charge is -2.21. The first-order valence-electron chi connectivity index (χ1n) is 41.7. The molecule has 0 aliphatic carbocycles. The second kappa shape index (κ2) is 79.8. The van der Waals surface area contributed by atoms with Crippen molar-refractivity contribution < 1.29 is 80.2 Å². The molecule has 0 amide bonds. The van der Waals surface area contributed by atoms with E-state index in [1.54, 1.807) is 0 Å². The van der Waals surface area contributed by atoms with Gasteiger partial charge in [0, 0.05) is 25.7 Å². The number of rotatable bonds is 77. The average molecular weight is 1550 g/mol. The number of allylic oxidation sites excluding steroid dienone is 26. The van der Waals surface area contributed by atoms with Crippen molar-refractivity contribution in [3.63, 3.8) is 0 Å². The zero-order valence-electron chi connectivity index (χ0n) is 67.5. The van der Waals surface area contributed by atoms with Gasteiger partial charge in [0.05, 0.1) is 26.4 Å². The number of aliphatic hydroxyl groups is 1. The van der Waals surface area contributed by atoms with Gasteiger partial charge >= 0.3 is 39.5 Å². The molecule has 0 radical (unpaired) electrons. The Labute approximate surface area is 655 Å². The largest absolute Gasteiger partial charge is 0.472 e. The van der Waals surface area contributed by atoms with E-state index in [2.05, 4.69) is 186 Å². The van der Waals surface area contributed by atoms with Gasteiger partial charge in [-0.3, -0.25) is 37.3 Å². The molecule has 0 spiro atoms. The minimum Gasteiger partial charge on any atom is -0.462 e. The molecule has 0 saturated carbocycles. The van der Waals surface area contributed by atoms with Gasteiger partial charge in [0.15, 0.2) is 12.2 Å². The van der Waals surface area contributed by atoms with E-state index >= 15 is 0 Å². The summed E-state index contributed by atoms with van der Waals surface area (Å²) < 4.78 is 68.7. The lowest BCUT2D eigenvalue weighted by molar-refractivity contribution is -0.161. The number of phosphoric acid groups is 2. The van der Waals surface area contributed by atoms with Crippen LogP contribution in [0.5, 0.6) is 0 Å². The van der Waals surface area contributed by atoms with Gasteiger partial charge in [-0.05, 0) is 173 Å². The summed E-state index contributed by atoms with van der Waals surface area (Å²) in [5.41, 5.74) is 0. The Balaban J connectivity index is 5.43. The lowest BCUT2D eigenvalue weighted by Crippen LogP contribution is -2.30. The van der Waals surface area contributed by atoms with E-state index in [0.29, 0.717) is 32.1 Å². The van der Waals surface area contributed by atoms with Gasteiger partial charge in [-0.2, -0.15) is 0 Å². The van der Waals surface area contributed by atoms with Crippen molar-refractivity contribution in [1.29, 1.82) is 0 Å². The van der Waals surface area contributed by atoms with Crippen LogP contribution in [0.4, 0.5) is 0 Å². The predicted octanol–water partition coefficient (Wildman–Crippen LogP) is 24.8. The number of phosphoric ester groups is 2. The molecule has 108 heavy (non-hydrogen) atoms. The topological polar surface area (TPSA) is 237 Å². The minimum atomic E-state index is -5.00. The number of ether oxygens (including phenoxy) is 4.